The first-order chi connectivity index (χ1) is 6.72. The van der Waals surface area contributed by atoms with Crippen LogP contribution in [0, 0.1) is 0 Å². The van der Waals surface area contributed by atoms with E-state index in [4.69, 9.17) is 0 Å². The SMILES string of the molecule is CCC(=O)n1ncc2ccc(Br)cc21. The average Bonchev–Trinajstić information content (AvgIpc) is 2.59. The van der Waals surface area contributed by atoms with Crippen LogP contribution in [0.2, 0.25) is 0 Å². The highest BCUT2D eigenvalue weighted by molar-refractivity contribution is 9.10. The molecule has 0 aliphatic rings. The van der Waals surface area contributed by atoms with Crippen molar-refractivity contribution in [1.29, 1.82) is 0 Å². The second kappa shape index (κ2) is 3.53. The molecule has 0 fully saturated rings. The van der Waals surface area contributed by atoms with E-state index in [-0.39, 0.29) is 5.91 Å². The fourth-order valence-corrected chi connectivity index (χ4v) is 1.69. The number of fused-ring (bicyclic) bond motifs is 1. The summed E-state index contributed by atoms with van der Waals surface area (Å²) < 4.78 is 2.40. The minimum absolute atomic E-state index is 0.0121. The molecule has 0 N–H and O–H groups in total. The number of halogens is 1. The van der Waals surface area contributed by atoms with Crippen LogP contribution in [0.3, 0.4) is 0 Å². The highest BCUT2D eigenvalue weighted by atomic mass is 79.9. The minimum Gasteiger partial charge on any atom is -0.273 e. The lowest BCUT2D eigenvalue weighted by Gasteiger charge is -1.99. The van der Waals surface area contributed by atoms with Crippen molar-refractivity contribution in [2.24, 2.45) is 0 Å². The monoisotopic (exact) mass is 252 g/mol. The van der Waals surface area contributed by atoms with E-state index >= 15 is 0 Å². The number of carbonyl (C=O) groups is 1. The number of hydrogen-bond donors (Lipinski definition) is 0. The number of carbonyl (C=O) groups excluding carboxylic acids is 1. The maximum absolute atomic E-state index is 11.5. The summed E-state index contributed by atoms with van der Waals surface area (Å²) in [6, 6.07) is 5.77. The molecule has 2 aromatic rings. The molecule has 4 heteroatoms. The molecule has 2 rings (SSSR count). The van der Waals surface area contributed by atoms with Gasteiger partial charge in [0.1, 0.15) is 0 Å². The molecule has 0 bridgehead atoms. The molecule has 0 spiro atoms. The zero-order valence-corrected chi connectivity index (χ0v) is 9.28. The predicted molar refractivity (Wildman–Crippen MR) is 58.4 cm³/mol. The van der Waals surface area contributed by atoms with Gasteiger partial charge in [-0.3, -0.25) is 4.79 Å². The van der Waals surface area contributed by atoms with Crippen molar-refractivity contribution in [3.05, 3.63) is 28.9 Å². The molecule has 72 valence electrons. The molecule has 0 unspecified atom stereocenters. The Morgan fingerprint density at radius 1 is 1.57 bits per heavy atom. The second-order valence-electron chi connectivity index (χ2n) is 3.01. The fourth-order valence-electron chi connectivity index (χ4n) is 1.34. The zero-order valence-electron chi connectivity index (χ0n) is 7.70. The van der Waals surface area contributed by atoms with Crippen molar-refractivity contribution in [2.75, 3.05) is 0 Å². The summed E-state index contributed by atoms with van der Waals surface area (Å²) in [6.07, 6.45) is 2.17. The Hall–Kier alpha value is -1.16. The first kappa shape index (κ1) is 9.40. The highest BCUT2D eigenvalue weighted by Crippen LogP contribution is 2.19. The Balaban J connectivity index is 2.67. The molecule has 1 heterocycles. The minimum atomic E-state index is 0.0121. The van der Waals surface area contributed by atoms with E-state index in [2.05, 4.69) is 21.0 Å². The van der Waals surface area contributed by atoms with Gasteiger partial charge in [-0.2, -0.15) is 5.10 Å². The van der Waals surface area contributed by atoms with Crippen LogP contribution in [0.1, 0.15) is 18.1 Å². The number of benzene rings is 1. The van der Waals surface area contributed by atoms with Gasteiger partial charge in [-0.15, -0.1) is 0 Å². The van der Waals surface area contributed by atoms with E-state index in [0.29, 0.717) is 6.42 Å². The molecule has 0 saturated carbocycles. The van der Waals surface area contributed by atoms with Gasteiger partial charge in [-0.1, -0.05) is 28.9 Å². The number of aromatic nitrogens is 2. The second-order valence-corrected chi connectivity index (χ2v) is 3.92. The molecular formula is C10H9BrN2O. The van der Waals surface area contributed by atoms with E-state index < -0.39 is 0 Å². The van der Waals surface area contributed by atoms with Crippen LogP contribution in [0.5, 0.6) is 0 Å². The third-order valence-corrected chi connectivity index (χ3v) is 2.56. The van der Waals surface area contributed by atoms with Gasteiger partial charge in [0.05, 0.1) is 11.7 Å². The molecule has 1 aromatic carbocycles. The number of rotatable bonds is 1. The van der Waals surface area contributed by atoms with Crippen LogP contribution in [0.25, 0.3) is 10.9 Å². The maximum Gasteiger partial charge on any atom is 0.247 e. The first-order valence-electron chi connectivity index (χ1n) is 4.39. The van der Waals surface area contributed by atoms with Crippen LogP contribution < -0.4 is 0 Å². The zero-order chi connectivity index (χ0) is 10.1. The Morgan fingerprint density at radius 2 is 2.36 bits per heavy atom. The van der Waals surface area contributed by atoms with E-state index in [9.17, 15) is 4.79 Å². The summed E-state index contributed by atoms with van der Waals surface area (Å²) in [4.78, 5) is 11.5. The topological polar surface area (TPSA) is 34.9 Å². The molecule has 0 atom stereocenters. The molecule has 0 amide bonds. The van der Waals surface area contributed by atoms with Crippen LogP contribution in [-0.2, 0) is 0 Å². The first-order valence-corrected chi connectivity index (χ1v) is 5.18. The summed E-state index contributed by atoms with van der Waals surface area (Å²) in [7, 11) is 0. The van der Waals surface area contributed by atoms with Crippen LogP contribution in [0.15, 0.2) is 28.9 Å². The summed E-state index contributed by atoms with van der Waals surface area (Å²) in [5, 5.41) is 5.03. The van der Waals surface area contributed by atoms with Gasteiger partial charge in [0.15, 0.2) is 0 Å². The highest BCUT2D eigenvalue weighted by Gasteiger charge is 2.08. The van der Waals surface area contributed by atoms with Crippen molar-refractivity contribution >= 4 is 32.7 Å². The quantitative estimate of drug-likeness (QED) is 0.783. The molecule has 0 aliphatic carbocycles. The molecule has 0 aliphatic heterocycles. The molecule has 0 radical (unpaired) electrons. The van der Waals surface area contributed by atoms with Gasteiger partial charge in [-0.05, 0) is 12.1 Å². The Morgan fingerprint density at radius 3 is 3.07 bits per heavy atom. The van der Waals surface area contributed by atoms with Crippen molar-refractivity contribution in [3.8, 4) is 0 Å². The number of hydrogen-bond acceptors (Lipinski definition) is 2. The smallest absolute Gasteiger partial charge is 0.247 e. The largest absolute Gasteiger partial charge is 0.273 e. The van der Waals surface area contributed by atoms with Gasteiger partial charge in [0.2, 0.25) is 5.91 Å². The van der Waals surface area contributed by atoms with E-state index in [0.717, 1.165) is 15.4 Å². The van der Waals surface area contributed by atoms with Gasteiger partial charge < -0.3 is 0 Å². The summed E-state index contributed by atoms with van der Waals surface area (Å²) in [6.45, 7) is 1.83. The lowest BCUT2D eigenvalue weighted by molar-refractivity contribution is 0.0899. The van der Waals surface area contributed by atoms with Crippen molar-refractivity contribution in [3.63, 3.8) is 0 Å². The van der Waals surface area contributed by atoms with E-state index in [1.807, 2.05) is 25.1 Å². The molecule has 0 saturated heterocycles. The van der Waals surface area contributed by atoms with Crippen molar-refractivity contribution in [1.82, 2.24) is 9.78 Å². The van der Waals surface area contributed by atoms with Crippen LogP contribution >= 0.6 is 15.9 Å². The summed E-state index contributed by atoms with van der Waals surface area (Å²) >= 11 is 3.37. The average molecular weight is 253 g/mol. The maximum atomic E-state index is 11.5. The van der Waals surface area contributed by atoms with Gasteiger partial charge in [0.25, 0.3) is 0 Å². The van der Waals surface area contributed by atoms with Gasteiger partial charge in [0, 0.05) is 16.3 Å². The summed E-state index contributed by atoms with van der Waals surface area (Å²) in [5.74, 6) is 0.0121. The lowest BCUT2D eigenvalue weighted by Crippen LogP contribution is -2.09. The predicted octanol–water partition coefficient (Wildman–Crippen LogP) is 2.85. The fraction of sp³-hybridized carbons (Fsp3) is 0.200. The molecule has 1 aromatic heterocycles. The Labute approximate surface area is 89.8 Å². The summed E-state index contributed by atoms with van der Waals surface area (Å²) in [5.41, 5.74) is 0.853. The van der Waals surface area contributed by atoms with E-state index in [1.54, 1.807) is 6.20 Å². The molecule has 3 nitrogen and oxygen atoms in total. The normalized spacial score (nSPS) is 10.7. The third-order valence-electron chi connectivity index (χ3n) is 2.07. The Kier molecular flexibility index (Phi) is 2.37. The van der Waals surface area contributed by atoms with Crippen LogP contribution in [-0.4, -0.2) is 15.7 Å². The molecule has 14 heavy (non-hydrogen) atoms. The standard InChI is InChI=1S/C10H9BrN2O/c1-2-10(14)13-9-5-8(11)4-3-7(9)6-12-13/h3-6H,2H2,1H3. The number of nitrogens with zero attached hydrogens (tertiary/aromatic N) is 2. The van der Waals surface area contributed by atoms with Crippen molar-refractivity contribution < 1.29 is 4.79 Å². The van der Waals surface area contributed by atoms with Gasteiger partial charge in [-0.25, -0.2) is 4.68 Å². The lowest BCUT2D eigenvalue weighted by atomic mass is 10.2. The Bertz CT molecular complexity index is 490. The third kappa shape index (κ3) is 1.46. The van der Waals surface area contributed by atoms with Crippen molar-refractivity contribution in [2.45, 2.75) is 13.3 Å². The molecular weight excluding hydrogens is 244 g/mol. The van der Waals surface area contributed by atoms with Gasteiger partial charge >= 0.3 is 0 Å². The van der Waals surface area contributed by atoms with Crippen LogP contribution in [0.4, 0.5) is 0 Å². The van der Waals surface area contributed by atoms with E-state index in [1.165, 1.54) is 4.68 Å².